The summed E-state index contributed by atoms with van der Waals surface area (Å²) < 4.78 is 36.8. The summed E-state index contributed by atoms with van der Waals surface area (Å²) in [5, 5.41) is 14.1. The Hall–Kier alpha value is -2.12. The predicted octanol–water partition coefficient (Wildman–Crippen LogP) is 2.31. The maximum atomic E-state index is 12.3. The molecule has 1 rings (SSSR count). The molecule has 0 saturated carbocycles. The molecule has 0 aliphatic heterocycles. The molecule has 0 heterocycles. The Morgan fingerprint density at radius 2 is 1.75 bits per heavy atom. The Morgan fingerprint density at radius 3 is 2.19 bits per heavy atom. The van der Waals surface area contributed by atoms with Crippen LogP contribution in [0.2, 0.25) is 0 Å². The zero-order chi connectivity index (χ0) is 12.2. The molecule has 0 amide bonds. The van der Waals surface area contributed by atoms with Crippen molar-refractivity contribution in [3.8, 4) is 5.75 Å². The molecule has 0 bridgehead atoms. The third-order valence-corrected chi connectivity index (χ3v) is 1.49. The molecule has 1 aromatic rings. The molecular weight excluding hydrogens is 225 g/mol. The van der Waals surface area contributed by atoms with Crippen LogP contribution >= 0.6 is 0 Å². The smallest absolute Gasteiger partial charge is 0.453 e. The van der Waals surface area contributed by atoms with E-state index in [1.54, 1.807) is 0 Å². The molecule has 8 heteroatoms. The lowest BCUT2D eigenvalue weighted by molar-refractivity contribution is -0.0599. The zero-order valence-corrected chi connectivity index (χ0v) is 7.81. The molecule has 0 fully saturated rings. The van der Waals surface area contributed by atoms with Gasteiger partial charge in [-0.3, -0.25) is 0 Å². The highest BCUT2D eigenvalue weighted by Crippen LogP contribution is 2.23. The standard InChI is InChI=1S/C8H7F3N4O/c9-8(10,11)7(14-15-12)13-5-1-3-6(16)4-2-5/h1-4,16H,(H2,12,13,14). The second-order valence-corrected chi connectivity index (χ2v) is 2.67. The Balaban J connectivity index is 3.07. The number of phenolic OH excluding ortho intramolecular Hbond substituents is 1. The van der Waals surface area contributed by atoms with Crippen molar-refractivity contribution in [2.45, 2.75) is 6.18 Å². The normalized spacial score (nSPS) is 13.3. The summed E-state index contributed by atoms with van der Waals surface area (Å²) in [4.78, 5) is 3.20. The number of hydrogen-bond acceptors (Lipinski definition) is 3. The lowest BCUT2D eigenvalue weighted by atomic mass is 10.3. The molecular formula is C8H7F3N4O. The molecule has 5 nitrogen and oxygen atoms in total. The number of alkyl halides is 3. The van der Waals surface area contributed by atoms with E-state index in [1.807, 2.05) is 0 Å². The lowest BCUT2D eigenvalue weighted by Gasteiger charge is -2.03. The Kier molecular flexibility index (Phi) is 3.44. The van der Waals surface area contributed by atoms with E-state index in [-0.39, 0.29) is 11.4 Å². The first-order valence-corrected chi connectivity index (χ1v) is 3.99. The van der Waals surface area contributed by atoms with Crippen LogP contribution in [0.3, 0.4) is 0 Å². The third-order valence-electron chi connectivity index (χ3n) is 1.49. The summed E-state index contributed by atoms with van der Waals surface area (Å²) >= 11 is 0. The van der Waals surface area contributed by atoms with Gasteiger partial charge in [0.2, 0.25) is 0 Å². The fourth-order valence-corrected chi connectivity index (χ4v) is 0.847. The van der Waals surface area contributed by atoms with Crippen LogP contribution in [0.4, 0.5) is 18.9 Å². The molecule has 0 aromatic heterocycles. The predicted molar refractivity (Wildman–Crippen MR) is 50.3 cm³/mol. The van der Waals surface area contributed by atoms with Crippen molar-refractivity contribution >= 4 is 11.5 Å². The molecule has 3 N–H and O–H groups in total. The molecule has 16 heavy (non-hydrogen) atoms. The number of hydrogen-bond donors (Lipinski definition) is 2. The van der Waals surface area contributed by atoms with Crippen LogP contribution in [0, 0.1) is 0 Å². The molecule has 0 spiro atoms. The van der Waals surface area contributed by atoms with Crippen LogP contribution in [0.25, 0.3) is 0 Å². The van der Waals surface area contributed by atoms with Gasteiger partial charge in [-0.1, -0.05) is 5.22 Å². The first kappa shape index (κ1) is 12.0. The second kappa shape index (κ2) is 4.60. The molecule has 0 unspecified atom stereocenters. The van der Waals surface area contributed by atoms with E-state index in [4.69, 9.17) is 5.11 Å². The highest BCUT2D eigenvalue weighted by atomic mass is 19.4. The van der Waals surface area contributed by atoms with Gasteiger partial charge in [-0.15, -0.1) is 5.11 Å². The number of nitrogens with zero attached hydrogens (tertiary/aromatic N) is 3. The highest BCUT2D eigenvalue weighted by molar-refractivity contribution is 5.90. The van der Waals surface area contributed by atoms with Gasteiger partial charge in [0.25, 0.3) is 5.84 Å². The molecule has 0 aliphatic carbocycles. The highest BCUT2D eigenvalue weighted by Gasteiger charge is 2.36. The van der Waals surface area contributed by atoms with Gasteiger partial charge in [-0.2, -0.15) is 13.2 Å². The van der Waals surface area contributed by atoms with Crippen molar-refractivity contribution in [1.29, 1.82) is 0 Å². The fourth-order valence-electron chi connectivity index (χ4n) is 0.847. The van der Waals surface area contributed by atoms with Crippen LogP contribution < -0.4 is 5.84 Å². The van der Waals surface area contributed by atoms with E-state index >= 15 is 0 Å². The van der Waals surface area contributed by atoms with Crippen LogP contribution in [0.5, 0.6) is 5.75 Å². The lowest BCUT2D eigenvalue weighted by Crippen LogP contribution is -2.20. The molecule has 0 saturated heterocycles. The van der Waals surface area contributed by atoms with E-state index in [0.717, 1.165) is 0 Å². The van der Waals surface area contributed by atoms with E-state index in [9.17, 15) is 13.2 Å². The largest absolute Gasteiger partial charge is 0.508 e. The first-order chi connectivity index (χ1) is 7.43. The number of benzene rings is 1. The van der Waals surface area contributed by atoms with E-state index in [2.05, 4.69) is 21.2 Å². The van der Waals surface area contributed by atoms with Crippen LogP contribution in [-0.4, -0.2) is 17.1 Å². The van der Waals surface area contributed by atoms with Crippen LogP contribution in [0.15, 0.2) is 39.6 Å². The first-order valence-electron chi connectivity index (χ1n) is 3.99. The van der Waals surface area contributed by atoms with Gasteiger partial charge in [0, 0.05) is 0 Å². The summed E-state index contributed by atoms with van der Waals surface area (Å²) in [6.07, 6.45) is -4.74. The van der Waals surface area contributed by atoms with Crippen molar-refractivity contribution in [3.63, 3.8) is 0 Å². The molecule has 0 atom stereocenters. The van der Waals surface area contributed by atoms with Gasteiger partial charge in [-0.05, 0) is 24.3 Å². The Morgan fingerprint density at radius 1 is 1.19 bits per heavy atom. The Bertz CT molecular complexity index is 410. The SMILES string of the molecule is NN=NC(=Nc1ccc(O)cc1)C(F)(F)F. The summed E-state index contributed by atoms with van der Waals surface area (Å²) in [6.45, 7) is 0. The minimum absolute atomic E-state index is 0.0162. The van der Waals surface area contributed by atoms with E-state index in [1.165, 1.54) is 24.3 Å². The Labute approximate surface area is 88.1 Å². The van der Waals surface area contributed by atoms with Crippen LogP contribution in [-0.2, 0) is 0 Å². The fraction of sp³-hybridized carbons (Fsp3) is 0.125. The van der Waals surface area contributed by atoms with Crippen molar-refractivity contribution in [1.82, 2.24) is 0 Å². The average molecular weight is 232 g/mol. The third kappa shape index (κ3) is 3.23. The van der Waals surface area contributed by atoms with Crippen molar-refractivity contribution in [2.75, 3.05) is 0 Å². The summed E-state index contributed by atoms with van der Waals surface area (Å²) in [7, 11) is 0. The topological polar surface area (TPSA) is 83.3 Å². The summed E-state index contributed by atoms with van der Waals surface area (Å²) in [5.74, 6) is 3.01. The number of phenols is 1. The monoisotopic (exact) mass is 232 g/mol. The number of aromatic hydroxyl groups is 1. The molecule has 0 radical (unpaired) electrons. The number of amidine groups is 1. The molecule has 0 aliphatic rings. The van der Waals surface area contributed by atoms with Crippen LogP contribution in [0.1, 0.15) is 0 Å². The van der Waals surface area contributed by atoms with Crippen molar-refractivity contribution in [3.05, 3.63) is 24.3 Å². The van der Waals surface area contributed by atoms with Crippen molar-refractivity contribution < 1.29 is 18.3 Å². The summed E-state index contributed by atoms with van der Waals surface area (Å²) in [6, 6.07) is 4.80. The number of halogens is 3. The number of nitrogens with two attached hydrogens (primary N) is 1. The quantitative estimate of drug-likeness (QED) is 0.256. The van der Waals surface area contributed by atoms with Crippen molar-refractivity contribution in [2.24, 2.45) is 21.2 Å². The van der Waals surface area contributed by atoms with Gasteiger partial charge in [-0.25, -0.2) is 4.99 Å². The van der Waals surface area contributed by atoms with Gasteiger partial charge in [0.05, 0.1) is 5.69 Å². The zero-order valence-electron chi connectivity index (χ0n) is 7.81. The number of aliphatic imine (C=N–C) groups is 1. The maximum Gasteiger partial charge on any atom is 0.453 e. The van der Waals surface area contributed by atoms with Gasteiger partial charge < -0.3 is 10.9 Å². The van der Waals surface area contributed by atoms with E-state index in [0.29, 0.717) is 0 Å². The second-order valence-electron chi connectivity index (χ2n) is 2.67. The number of rotatable bonds is 1. The van der Waals surface area contributed by atoms with Gasteiger partial charge in [0.1, 0.15) is 5.75 Å². The maximum absolute atomic E-state index is 12.3. The average Bonchev–Trinajstić information content (AvgIpc) is 2.19. The minimum Gasteiger partial charge on any atom is -0.508 e. The molecule has 1 aromatic carbocycles. The summed E-state index contributed by atoms with van der Waals surface area (Å²) in [5.41, 5.74) is -0.0162. The minimum atomic E-state index is -4.74. The van der Waals surface area contributed by atoms with Gasteiger partial charge in [0.15, 0.2) is 0 Å². The van der Waals surface area contributed by atoms with E-state index < -0.39 is 12.0 Å². The van der Waals surface area contributed by atoms with Gasteiger partial charge >= 0.3 is 6.18 Å². The molecule has 86 valence electrons.